The van der Waals surface area contributed by atoms with Gasteiger partial charge in [-0.25, -0.2) is 8.42 Å². The number of nitrogens with zero attached hydrogens (tertiary/aromatic N) is 2. The summed E-state index contributed by atoms with van der Waals surface area (Å²) in [6.07, 6.45) is 3.70. The van der Waals surface area contributed by atoms with Crippen molar-refractivity contribution in [3.63, 3.8) is 0 Å². The first kappa shape index (κ1) is 19.4. The number of anilines is 2. The highest BCUT2D eigenvalue weighted by atomic mass is 32.2. The molecule has 144 valence electrons. The maximum absolute atomic E-state index is 12.5. The molecule has 0 saturated carbocycles. The number of benzene rings is 2. The van der Waals surface area contributed by atoms with Crippen molar-refractivity contribution in [1.82, 2.24) is 4.31 Å². The third kappa shape index (κ3) is 4.87. The molecular formula is C20H25N3O3S. The minimum absolute atomic E-state index is 0.172. The SMILES string of the molecule is CN(CC(=O)Nc1ccc(N2CCCCC2)cc1)S(=O)(=O)c1ccccc1. The number of carbonyl (C=O) groups excluding carboxylic acids is 1. The third-order valence-electron chi connectivity index (χ3n) is 4.69. The van der Waals surface area contributed by atoms with Crippen LogP contribution in [0.15, 0.2) is 59.5 Å². The second-order valence-corrected chi connectivity index (χ2v) is 8.76. The molecular weight excluding hydrogens is 362 g/mol. The highest BCUT2D eigenvalue weighted by molar-refractivity contribution is 7.89. The lowest BCUT2D eigenvalue weighted by atomic mass is 10.1. The van der Waals surface area contributed by atoms with Gasteiger partial charge in [0.15, 0.2) is 0 Å². The molecule has 6 nitrogen and oxygen atoms in total. The lowest BCUT2D eigenvalue weighted by Crippen LogP contribution is -2.35. The lowest BCUT2D eigenvalue weighted by molar-refractivity contribution is -0.116. The van der Waals surface area contributed by atoms with Gasteiger partial charge in [0.05, 0.1) is 11.4 Å². The highest BCUT2D eigenvalue weighted by Crippen LogP contribution is 2.22. The summed E-state index contributed by atoms with van der Waals surface area (Å²) < 4.78 is 26.0. The van der Waals surface area contributed by atoms with E-state index in [4.69, 9.17) is 0 Å². The van der Waals surface area contributed by atoms with E-state index in [1.807, 2.05) is 24.3 Å². The van der Waals surface area contributed by atoms with Gasteiger partial charge in [-0.3, -0.25) is 4.79 Å². The molecule has 1 amide bonds. The number of sulfonamides is 1. The van der Waals surface area contributed by atoms with Gasteiger partial charge in [-0.1, -0.05) is 18.2 Å². The Hall–Kier alpha value is -2.38. The molecule has 1 N–H and O–H groups in total. The summed E-state index contributed by atoms with van der Waals surface area (Å²) in [4.78, 5) is 14.8. The van der Waals surface area contributed by atoms with E-state index in [-0.39, 0.29) is 17.3 Å². The van der Waals surface area contributed by atoms with Crippen molar-refractivity contribution in [2.75, 3.05) is 36.9 Å². The molecule has 2 aromatic rings. The van der Waals surface area contributed by atoms with Crippen molar-refractivity contribution >= 4 is 27.3 Å². The summed E-state index contributed by atoms with van der Waals surface area (Å²) in [5, 5.41) is 2.76. The van der Waals surface area contributed by atoms with Crippen molar-refractivity contribution < 1.29 is 13.2 Å². The van der Waals surface area contributed by atoms with Gasteiger partial charge in [0.25, 0.3) is 0 Å². The average Bonchev–Trinajstić information content (AvgIpc) is 2.70. The fourth-order valence-electron chi connectivity index (χ4n) is 3.17. The van der Waals surface area contributed by atoms with Crippen LogP contribution in [0.25, 0.3) is 0 Å². The van der Waals surface area contributed by atoms with E-state index >= 15 is 0 Å². The summed E-state index contributed by atoms with van der Waals surface area (Å²) in [7, 11) is -2.28. The zero-order valence-electron chi connectivity index (χ0n) is 15.5. The van der Waals surface area contributed by atoms with E-state index in [1.165, 1.54) is 38.4 Å². The number of hydrogen-bond donors (Lipinski definition) is 1. The molecule has 0 atom stereocenters. The molecule has 27 heavy (non-hydrogen) atoms. The quantitative estimate of drug-likeness (QED) is 0.827. The number of likely N-dealkylation sites (N-methyl/N-ethyl adjacent to an activating group) is 1. The van der Waals surface area contributed by atoms with Crippen LogP contribution in [-0.4, -0.2) is 45.3 Å². The van der Waals surface area contributed by atoms with E-state index in [9.17, 15) is 13.2 Å². The number of piperidine rings is 1. The van der Waals surface area contributed by atoms with Crippen LogP contribution < -0.4 is 10.2 Å². The van der Waals surface area contributed by atoms with Crippen LogP contribution in [0.1, 0.15) is 19.3 Å². The van der Waals surface area contributed by atoms with Crippen molar-refractivity contribution in [3.05, 3.63) is 54.6 Å². The zero-order chi connectivity index (χ0) is 19.3. The minimum Gasteiger partial charge on any atom is -0.372 e. The van der Waals surface area contributed by atoms with Crippen molar-refractivity contribution in [2.45, 2.75) is 24.2 Å². The van der Waals surface area contributed by atoms with E-state index in [2.05, 4.69) is 10.2 Å². The summed E-state index contributed by atoms with van der Waals surface area (Å²) in [5.41, 5.74) is 1.81. The molecule has 1 saturated heterocycles. The molecule has 0 aromatic heterocycles. The minimum atomic E-state index is -3.68. The standard InChI is InChI=1S/C20H25N3O3S/c1-22(27(25,26)19-8-4-2-5-9-19)16-20(24)21-17-10-12-18(13-11-17)23-14-6-3-7-15-23/h2,4-5,8-13H,3,6-7,14-16H2,1H3,(H,21,24). The van der Waals surface area contributed by atoms with Crippen LogP contribution >= 0.6 is 0 Å². The molecule has 0 radical (unpaired) electrons. The Morgan fingerprint density at radius 1 is 1.00 bits per heavy atom. The molecule has 1 aliphatic heterocycles. The first-order chi connectivity index (χ1) is 13.0. The van der Waals surface area contributed by atoms with E-state index in [1.54, 1.807) is 18.2 Å². The number of rotatable bonds is 6. The summed E-state index contributed by atoms with van der Waals surface area (Å²) >= 11 is 0. The van der Waals surface area contributed by atoms with Crippen LogP contribution in [0.3, 0.4) is 0 Å². The second-order valence-electron chi connectivity index (χ2n) is 6.72. The van der Waals surface area contributed by atoms with Gasteiger partial charge in [-0.2, -0.15) is 4.31 Å². The zero-order valence-corrected chi connectivity index (χ0v) is 16.3. The normalized spacial score (nSPS) is 15.0. The first-order valence-electron chi connectivity index (χ1n) is 9.13. The maximum Gasteiger partial charge on any atom is 0.243 e. The van der Waals surface area contributed by atoms with Crippen LogP contribution in [0.2, 0.25) is 0 Å². The van der Waals surface area contributed by atoms with Gasteiger partial charge < -0.3 is 10.2 Å². The molecule has 2 aromatic carbocycles. The largest absolute Gasteiger partial charge is 0.372 e. The number of nitrogens with one attached hydrogen (secondary N) is 1. The Labute approximate surface area is 160 Å². The smallest absolute Gasteiger partial charge is 0.243 e. The molecule has 0 unspecified atom stereocenters. The molecule has 0 bridgehead atoms. The molecule has 0 aliphatic carbocycles. The lowest BCUT2D eigenvalue weighted by Gasteiger charge is -2.28. The predicted molar refractivity (Wildman–Crippen MR) is 107 cm³/mol. The molecule has 1 aliphatic rings. The van der Waals surface area contributed by atoms with Crippen LogP contribution in [0, 0.1) is 0 Å². The van der Waals surface area contributed by atoms with Crippen LogP contribution in [0.5, 0.6) is 0 Å². The monoisotopic (exact) mass is 387 g/mol. The van der Waals surface area contributed by atoms with Gasteiger partial charge in [0, 0.05) is 31.5 Å². The third-order valence-corrected chi connectivity index (χ3v) is 6.51. The maximum atomic E-state index is 12.5. The topological polar surface area (TPSA) is 69.7 Å². The fraction of sp³-hybridized carbons (Fsp3) is 0.350. The summed E-state index contributed by atoms with van der Waals surface area (Å²) in [6.45, 7) is 1.88. The van der Waals surface area contributed by atoms with Crippen molar-refractivity contribution in [1.29, 1.82) is 0 Å². The Kier molecular flexibility index (Phi) is 6.13. The molecule has 3 rings (SSSR count). The summed E-state index contributed by atoms with van der Waals surface area (Å²) in [6, 6.07) is 15.8. The van der Waals surface area contributed by atoms with Gasteiger partial charge >= 0.3 is 0 Å². The fourth-order valence-corrected chi connectivity index (χ4v) is 4.32. The Bertz CT molecular complexity index is 861. The molecule has 0 spiro atoms. The Balaban J connectivity index is 1.58. The van der Waals surface area contributed by atoms with E-state index in [0.717, 1.165) is 23.1 Å². The predicted octanol–water partition coefficient (Wildman–Crippen LogP) is 2.94. The first-order valence-corrected chi connectivity index (χ1v) is 10.6. The van der Waals surface area contributed by atoms with E-state index < -0.39 is 10.0 Å². The Morgan fingerprint density at radius 2 is 1.63 bits per heavy atom. The van der Waals surface area contributed by atoms with Gasteiger partial charge in [0.2, 0.25) is 15.9 Å². The number of hydrogen-bond acceptors (Lipinski definition) is 4. The summed E-state index contributed by atoms with van der Waals surface area (Å²) in [5.74, 6) is -0.372. The van der Waals surface area contributed by atoms with Gasteiger partial charge in [-0.15, -0.1) is 0 Å². The number of carbonyl (C=O) groups is 1. The second kappa shape index (κ2) is 8.54. The molecule has 1 fully saturated rings. The van der Waals surface area contributed by atoms with Crippen LogP contribution in [-0.2, 0) is 14.8 Å². The highest BCUT2D eigenvalue weighted by Gasteiger charge is 2.22. The van der Waals surface area contributed by atoms with Crippen molar-refractivity contribution in [2.24, 2.45) is 0 Å². The van der Waals surface area contributed by atoms with Gasteiger partial charge in [0.1, 0.15) is 0 Å². The van der Waals surface area contributed by atoms with Crippen molar-refractivity contribution in [3.8, 4) is 0 Å². The average molecular weight is 388 g/mol. The van der Waals surface area contributed by atoms with Crippen LogP contribution in [0.4, 0.5) is 11.4 Å². The molecule has 1 heterocycles. The van der Waals surface area contributed by atoms with E-state index in [0.29, 0.717) is 5.69 Å². The molecule has 7 heteroatoms. The Morgan fingerprint density at radius 3 is 2.26 bits per heavy atom. The number of amides is 1. The van der Waals surface area contributed by atoms with Gasteiger partial charge in [-0.05, 0) is 55.7 Å².